The van der Waals surface area contributed by atoms with Crippen molar-refractivity contribution in [2.24, 2.45) is 10.6 Å². The number of hydrogen-bond acceptors (Lipinski definition) is 22. The number of fused-ring (bicyclic) bond motifs is 3. The lowest BCUT2D eigenvalue weighted by molar-refractivity contribution is -0.132. The van der Waals surface area contributed by atoms with Crippen molar-refractivity contribution in [2.45, 2.75) is 44.1 Å². The number of rotatable bonds is 15. The number of esters is 1. The summed E-state index contributed by atoms with van der Waals surface area (Å²) in [6, 6.07) is 49.7. The van der Waals surface area contributed by atoms with Crippen molar-refractivity contribution >= 4 is 65.2 Å². The van der Waals surface area contributed by atoms with Crippen LogP contribution in [0.5, 0.6) is 28.7 Å². The van der Waals surface area contributed by atoms with E-state index in [4.69, 9.17) is 23.9 Å². The van der Waals surface area contributed by atoms with Crippen LogP contribution in [0.2, 0.25) is 0 Å². The van der Waals surface area contributed by atoms with Gasteiger partial charge in [-0.25, -0.2) is 19.6 Å². The average Bonchev–Trinajstić information content (AvgIpc) is 1.63. The first-order valence-electron chi connectivity index (χ1n) is 38.7. The summed E-state index contributed by atoms with van der Waals surface area (Å²) in [4.78, 5) is 153. The summed E-state index contributed by atoms with van der Waals surface area (Å²) in [6.45, 7) is 5.14. The van der Waals surface area contributed by atoms with Gasteiger partial charge in [0.2, 0.25) is 22.9 Å². The van der Waals surface area contributed by atoms with E-state index in [1.807, 2.05) is 41.3 Å². The van der Waals surface area contributed by atoms with E-state index in [-0.39, 0.29) is 62.6 Å². The highest BCUT2D eigenvalue weighted by Crippen LogP contribution is 2.38. The van der Waals surface area contributed by atoms with Crippen LogP contribution in [0.1, 0.15) is 83.4 Å². The number of nitrogens with one attached hydrogen (secondary N) is 5. The Hall–Kier alpha value is -16.1. The van der Waals surface area contributed by atoms with Crippen LogP contribution in [0.3, 0.4) is 0 Å². The molecule has 11 heterocycles. The number of urea groups is 2. The lowest BCUT2D eigenvalue weighted by Crippen LogP contribution is -2.54. The van der Waals surface area contributed by atoms with Gasteiger partial charge in [-0.3, -0.25) is 64.3 Å². The predicted octanol–water partition coefficient (Wildman–Crippen LogP) is 7.56. The van der Waals surface area contributed by atoms with E-state index < -0.39 is 58.2 Å². The molecule has 7 aliphatic heterocycles. The minimum atomic E-state index is -1.63. The van der Waals surface area contributed by atoms with Crippen molar-refractivity contribution in [2.75, 3.05) is 74.2 Å². The second-order valence-electron chi connectivity index (χ2n) is 29.7. The molecule has 7 N–H and O–H groups in total. The fourth-order valence-electron chi connectivity index (χ4n) is 15.0. The largest absolute Gasteiger partial charge is 0.506 e. The maximum Gasteiger partial charge on any atom is 0.323 e. The van der Waals surface area contributed by atoms with Crippen molar-refractivity contribution in [1.29, 1.82) is 0 Å². The van der Waals surface area contributed by atoms with Gasteiger partial charge in [-0.1, -0.05) is 83.1 Å². The molecule has 4 fully saturated rings. The first-order chi connectivity index (χ1) is 59.4. The van der Waals surface area contributed by atoms with Crippen molar-refractivity contribution in [3.8, 4) is 109 Å². The fourth-order valence-corrected chi connectivity index (χ4v) is 15.0. The van der Waals surface area contributed by atoms with E-state index in [2.05, 4.69) is 94.2 Å². The van der Waals surface area contributed by atoms with Gasteiger partial charge in [0, 0.05) is 145 Å². The summed E-state index contributed by atoms with van der Waals surface area (Å²) in [5.41, 5.74) is 6.96. The number of likely N-dealkylation sites (N-methyl/N-ethyl adjacent to an activating group) is 1. The Morgan fingerprint density at radius 1 is 0.496 bits per heavy atom. The molecule has 4 saturated heterocycles. The van der Waals surface area contributed by atoms with Gasteiger partial charge in [-0.15, -0.1) is 0 Å². The standard InChI is InChI=1S/C34H26N4O6.C31H23N5O5.C27H28N6O5/c1-21(39)44-29-12-11-28(24-4-3-15-35-18-24)36-31(29)23-7-5-22(6-8-23)13-14-34(17-30(40)37-33(34)42)20-38-19-25-9-10-26(43-2)16-27(25)32(38)41;1-41-23-7-6-22-17-36(28(38)24(22)16-23)18-31(29(39)34-30(40)35-31)13-10-19-2-4-21(5-3-19)27-26(37)9-8-25(33-27)20-11-14-32-15-12-20;1-31-11-13-32(14-12-31)23(30-37)19-5-3-18(4-6-19)9-10-27(25(35)28-26(36)29-27)17-33-16-20-7-8-21(38-2)15-22(20)24(33)34/h3-12,15-16,18H,17,19-20H2,1-2H3,(H,37,40,42);2-9,11-12,14-16,37H,17-18H2,1H3,(H2,34,35,39,40);3-8,15,37H,11-14,16-17H2,1-2H3,(H2,28,29,35,36)/t34-;31-;27-/m111/s1. The number of hydrogen-bond donors (Lipinski definition) is 7. The Labute approximate surface area is 704 Å². The molecular weight excluding hydrogens is 1570 g/mol. The number of aromatic hydroxyl groups is 1. The van der Waals surface area contributed by atoms with E-state index in [1.165, 1.54) is 43.0 Å². The van der Waals surface area contributed by atoms with Crippen LogP contribution in [0.15, 0.2) is 206 Å². The van der Waals surface area contributed by atoms with Crippen LogP contribution in [0.25, 0.3) is 45.0 Å². The van der Waals surface area contributed by atoms with Gasteiger partial charge >= 0.3 is 18.0 Å². The normalized spacial score (nSPS) is 18.5. The number of ether oxygens (including phenoxy) is 4. The first kappa shape index (κ1) is 82.0. The van der Waals surface area contributed by atoms with Gasteiger partial charge in [0.25, 0.3) is 29.5 Å². The number of carbonyl (C=O) groups is 10. The zero-order valence-electron chi connectivity index (χ0n) is 66.9. The number of piperazine rings is 1. The summed E-state index contributed by atoms with van der Waals surface area (Å²) in [7, 11) is 6.63. The molecular formula is C92H77N15O16. The summed E-state index contributed by atoms with van der Waals surface area (Å²) in [6.07, 6.45) is 6.56. The van der Waals surface area contributed by atoms with Crippen LogP contribution < -0.4 is 45.5 Å². The molecule has 0 spiro atoms. The molecule has 6 aromatic carbocycles. The highest BCUT2D eigenvalue weighted by molar-refractivity contribution is 6.12. The summed E-state index contributed by atoms with van der Waals surface area (Å²) < 4.78 is 21.1. The Balaban J connectivity index is 0.000000143. The van der Waals surface area contributed by atoms with Gasteiger partial charge < -0.3 is 64.4 Å². The van der Waals surface area contributed by atoms with E-state index in [9.17, 15) is 58.3 Å². The number of carbonyl (C=O) groups excluding carboxylic acids is 10. The molecule has 3 atom stereocenters. The van der Waals surface area contributed by atoms with Crippen LogP contribution in [-0.4, -0.2) is 205 Å². The van der Waals surface area contributed by atoms with Crippen LogP contribution >= 0.6 is 0 Å². The molecule has 11 amide bonds. The smallest absolute Gasteiger partial charge is 0.323 e. The number of imide groups is 3. The first-order valence-corrected chi connectivity index (χ1v) is 38.7. The summed E-state index contributed by atoms with van der Waals surface area (Å²) >= 11 is 0. The van der Waals surface area contributed by atoms with Crippen molar-refractivity contribution in [3.05, 3.63) is 256 Å². The maximum absolute atomic E-state index is 13.2. The fraction of sp³-hybridized carbons (Fsp3) is 0.207. The van der Waals surface area contributed by atoms with E-state index in [0.29, 0.717) is 103 Å². The Morgan fingerprint density at radius 3 is 1.42 bits per heavy atom. The minimum absolute atomic E-state index is 0.0276. The van der Waals surface area contributed by atoms with Crippen LogP contribution in [0, 0.1) is 40.9 Å². The summed E-state index contributed by atoms with van der Waals surface area (Å²) in [5, 5.41) is 35.7. The SMILES string of the molecule is COc1ccc2c(c1)C(=O)N(C[C@@]1(C#Cc3ccc(-c4nc(-c5cccnc5)ccc4OC(C)=O)cc3)CC(=O)NC1=O)C2.COc1ccc2c(c1)C(=O)N(C[C@@]1(C#Cc3ccc(-c4nc(-c5ccncc5)ccc4O)cc3)NC(=O)NC1=O)C2.COc1ccc2c(c1)C(=O)N(C[C@@]1(C#Cc3ccc(C(=NO)N4CCN(C)CC4)cc3)NC(=O)NC1=O)C2. The Bertz CT molecular complexity index is 6190. The molecule has 10 aromatic rings. The van der Waals surface area contributed by atoms with E-state index in [1.54, 1.807) is 164 Å². The lowest BCUT2D eigenvalue weighted by Gasteiger charge is -2.34. The number of methoxy groups -OCH3 is 3. The molecule has 616 valence electrons. The highest BCUT2D eigenvalue weighted by atomic mass is 16.5. The van der Waals surface area contributed by atoms with Crippen LogP contribution in [-0.2, 0) is 43.6 Å². The van der Waals surface area contributed by atoms with Gasteiger partial charge in [0.15, 0.2) is 11.6 Å². The molecule has 17 rings (SSSR count). The number of benzene rings is 6. The molecule has 4 aromatic heterocycles. The van der Waals surface area contributed by atoms with Crippen LogP contribution in [0.4, 0.5) is 9.59 Å². The third-order valence-corrected chi connectivity index (χ3v) is 21.5. The zero-order chi connectivity index (χ0) is 86.3. The highest BCUT2D eigenvalue weighted by Gasteiger charge is 2.51. The average molecular weight is 1650 g/mol. The minimum Gasteiger partial charge on any atom is -0.506 e. The molecule has 31 nitrogen and oxygen atoms in total. The molecule has 0 bridgehead atoms. The lowest BCUT2D eigenvalue weighted by atomic mass is 9.85. The second kappa shape index (κ2) is 34.9. The van der Waals surface area contributed by atoms with E-state index >= 15 is 0 Å². The van der Waals surface area contributed by atoms with Gasteiger partial charge in [0.05, 0.1) is 52.2 Å². The second-order valence-corrected chi connectivity index (χ2v) is 29.7. The molecule has 0 unspecified atom stereocenters. The zero-order valence-corrected chi connectivity index (χ0v) is 66.9. The number of oxime groups is 1. The predicted molar refractivity (Wildman–Crippen MR) is 445 cm³/mol. The topological polar surface area (TPSA) is 388 Å². The molecule has 7 aliphatic rings. The monoisotopic (exact) mass is 1650 g/mol. The van der Waals surface area contributed by atoms with Crippen molar-refractivity contribution < 1.29 is 77.2 Å². The molecule has 31 heteroatoms. The maximum atomic E-state index is 13.2. The number of amidine groups is 1. The van der Waals surface area contributed by atoms with Gasteiger partial charge in [-0.05, 0) is 157 Å². The Kier molecular flexibility index (Phi) is 23.2. The number of nitrogens with zero attached hydrogens (tertiary/aromatic N) is 10. The van der Waals surface area contributed by atoms with Gasteiger partial charge in [0.1, 0.15) is 39.8 Å². The van der Waals surface area contributed by atoms with Crippen molar-refractivity contribution in [3.63, 3.8) is 0 Å². The third kappa shape index (κ3) is 17.6. The molecule has 0 radical (unpaired) electrons. The molecule has 0 aliphatic carbocycles. The number of aromatic nitrogens is 4. The van der Waals surface area contributed by atoms with Crippen molar-refractivity contribution in [1.82, 2.24) is 71.0 Å². The number of pyridine rings is 4. The quantitative estimate of drug-likeness (QED) is 0.00760. The van der Waals surface area contributed by atoms with Gasteiger partial charge in [-0.2, -0.15) is 0 Å². The Morgan fingerprint density at radius 2 is 0.967 bits per heavy atom. The molecule has 0 saturated carbocycles. The van der Waals surface area contributed by atoms with E-state index in [0.717, 1.165) is 59.6 Å². The summed E-state index contributed by atoms with van der Waals surface area (Å²) in [5.74, 6) is 16.8. The third-order valence-electron chi connectivity index (χ3n) is 21.5. The number of amides is 11. The molecule has 123 heavy (non-hydrogen) atoms.